The summed E-state index contributed by atoms with van der Waals surface area (Å²) in [4.78, 5) is 43.5. The number of carbonyl (C=O) groups is 2. The van der Waals surface area contributed by atoms with Crippen LogP contribution in [0, 0.1) is 0 Å². The predicted octanol–water partition coefficient (Wildman–Crippen LogP) is 4.76. The molecule has 3 aliphatic heterocycles. The Hall–Kier alpha value is -4.24. The molecule has 6 rings (SSSR count). The van der Waals surface area contributed by atoms with Crippen LogP contribution in [0.5, 0.6) is 0 Å². The normalized spacial score (nSPS) is 19.8. The molecule has 3 amide bonds. The van der Waals surface area contributed by atoms with Gasteiger partial charge in [-0.05, 0) is 74.7 Å². The first kappa shape index (κ1) is 27.0. The van der Waals surface area contributed by atoms with Crippen molar-refractivity contribution in [1.82, 2.24) is 24.7 Å². The molecule has 0 radical (unpaired) electrons. The molecule has 1 atom stereocenters. The van der Waals surface area contributed by atoms with E-state index in [0.29, 0.717) is 50.3 Å². The Morgan fingerprint density at radius 1 is 1.05 bits per heavy atom. The summed E-state index contributed by atoms with van der Waals surface area (Å²) in [6, 6.07) is 18.2. The lowest BCUT2D eigenvalue weighted by atomic mass is 9.89. The van der Waals surface area contributed by atoms with Gasteiger partial charge in [0.25, 0.3) is 0 Å². The maximum atomic E-state index is 13.9. The van der Waals surface area contributed by atoms with Gasteiger partial charge in [-0.1, -0.05) is 49.0 Å². The highest BCUT2D eigenvalue weighted by molar-refractivity contribution is 5.95. The molecule has 0 bridgehead atoms. The second-order valence-electron chi connectivity index (χ2n) is 11.3. The van der Waals surface area contributed by atoms with Gasteiger partial charge >= 0.3 is 6.03 Å². The number of nitrogens with one attached hydrogen (secondary N) is 1. The van der Waals surface area contributed by atoms with Crippen molar-refractivity contribution >= 4 is 29.4 Å². The number of carbonyl (C=O) groups excluding carboxylic acids is 2. The smallest absolute Gasteiger partial charge is 0.326 e. The Kier molecular flexibility index (Phi) is 7.69. The van der Waals surface area contributed by atoms with E-state index in [0.717, 1.165) is 29.9 Å². The molecule has 2 fully saturated rings. The van der Waals surface area contributed by atoms with Crippen molar-refractivity contribution in [2.45, 2.75) is 44.3 Å². The van der Waals surface area contributed by atoms with Gasteiger partial charge in [-0.15, -0.1) is 0 Å². The van der Waals surface area contributed by atoms with Crippen molar-refractivity contribution in [3.05, 3.63) is 90.1 Å². The zero-order valence-electron chi connectivity index (χ0n) is 23.6. The number of piperidine rings is 1. The number of amides is 3. The summed E-state index contributed by atoms with van der Waals surface area (Å²) < 4.78 is 0. The fraction of sp³-hybridized carbons (Fsp3) is 0.375. The quantitative estimate of drug-likeness (QED) is 0.427. The fourth-order valence-electron chi connectivity index (χ4n) is 6.14. The average molecular weight is 552 g/mol. The van der Waals surface area contributed by atoms with Gasteiger partial charge in [-0.25, -0.2) is 9.78 Å². The molecule has 0 aliphatic carbocycles. The number of nitrogens with zero attached hydrogens (tertiary/aromatic N) is 6. The fourth-order valence-corrected chi connectivity index (χ4v) is 6.14. The van der Waals surface area contributed by atoms with Crippen LogP contribution in [0.1, 0.15) is 41.9 Å². The van der Waals surface area contributed by atoms with E-state index in [4.69, 9.17) is 4.98 Å². The zero-order chi connectivity index (χ0) is 28.3. The largest absolute Gasteiger partial charge is 0.337 e. The minimum absolute atomic E-state index is 0.105. The SMILES string of the molecule is C=CC(=O)N1CC[C@H](N2C(=O)N(Cc3ccccc3)Cc3cnc(Nc4ccc(C5CCN(C)CC5)cc4)nc32)C1. The summed E-state index contributed by atoms with van der Waals surface area (Å²) in [7, 11) is 2.18. The van der Waals surface area contributed by atoms with Gasteiger partial charge in [0.2, 0.25) is 11.9 Å². The number of fused-ring (bicyclic) bond motifs is 1. The van der Waals surface area contributed by atoms with Crippen molar-refractivity contribution in [3.8, 4) is 0 Å². The Morgan fingerprint density at radius 3 is 2.54 bits per heavy atom. The third kappa shape index (κ3) is 5.81. The van der Waals surface area contributed by atoms with Crippen molar-refractivity contribution < 1.29 is 9.59 Å². The van der Waals surface area contributed by atoms with Gasteiger partial charge < -0.3 is 20.0 Å². The number of benzene rings is 2. The predicted molar refractivity (Wildman–Crippen MR) is 160 cm³/mol. The molecule has 4 heterocycles. The van der Waals surface area contributed by atoms with Crippen molar-refractivity contribution in [3.63, 3.8) is 0 Å². The lowest BCUT2D eigenvalue weighted by Gasteiger charge is -2.39. The minimum Gasteiger partial charge on any atom is -0.337 e. The summed E-state index contributed by atoms with van der Waals surface area (Å²) in [5.41, 5.74) is 4.22. The highest BCUT2D eigenvalue weighted by Gasteiger charge is 2.40. The first-order valence-electron chi connectivity index (χ1n) is 14.4. The molecule has 3 aromatic rings. The molecule has 0 saturated carbocycles. The standard InChI is InChI=1S/C32H37N7O2/c1-3-29(40)37-18-15-28(22-37)39-30-26(21-38(32(39)41)20-23-7-5-4-6-8-23)19-33-31(35-30)34-27-11-9-24(10-12-27)25-13-16-36(2)17-14-25/h3-12,19,25,28H,1,13-18,20-22H2,2H3,(H,33,34,35)/t28-/m0/s1. The highest BCUT2D eigenvalue weighted by Crippen LogP contribution is 2.34. The van der Waals surface area contributed by atoms with Gasteiger partial charge in [0.15, 0.2) is 0 Å². The van der Waals surface area contributed by atoms with E-state index in [1.807, 2.05) is 41.4 Å². The first-order valence-corrected chi connectivity index (χ1v) is 14.4. The molecule has 1 aromatic heterocycles. The topological polar surface area (TPSA) is 84.9 Å². The Morgan fingerprint density at radius 2 is 1.80 bits per heavy atom. The van der Waals surface area contributed by atoms with Crippen LogP contribution in [0.3, 0.4) is 0 Å². The number of urea groups is 1. The second kappa shape index (κ2) is 11.7. The molecular weight excluding hydrogens is 514 g/mol. The van der Waals surface area contributed by atoms with E-state index >= 15 is 0 Å². The van der Waals surface area contributed by atoms with Gasteiger partial charge in [-0.3, -0.25) is 9.69 Å². The van der Waals surface area contributed by atoms with Crippen LogP contribution in [0.25, 0.3) is 0 Å². The van der Waals surface area contributed by atoms with Gasteiger partial charge in [0.1, 0.15) is 5.82 Å². The number of likely N-dealkylation sites (tertiary alicyclic amines) is 2. The van der Waals surface area contributed by atoms with Crippen molar-refractivity contribution in [1.29, 1.82) is 0 Å². The van der Waals surface area contributed by atoms with Crippen LogP contribution >= 0.6 is 0 Å². The molecule has 9 nitrogen and oxygen atoms in total. The zero-order valence-corrected chi connectivity index (χ0v) is 23.6. The first-order chi connectivity index (χ1) is 20.0. The Labute approximate surface area is 241 Å². The number of hydrogen-bond acceptors (Lipinski definition) is 6. The van der Waals surface area contributed by atoms with Gasteiger partial charge in [0.05, 0.1) is 12.6 Å². The number of hydrogen-bond donors (Lipinski definition) is 1. The number of anilines is 3. The van der Waals surface area contributed by atoms with Gasteiger partial charge in [0, 0.05) is 37.1 Å². The van der Waals surface area contributed by atoms with Crippen LogP contribution in [-0.4, -0.2) is 75.9 Å². The molecule has 1 N–H and O–H groups in total. The molecule has 2 saturated heterocycles. The summed E-state index contributed by atoms with van der Waals surface area (Å²) in [6.45, 7) is 7.82. The molecule has 0 unspecified atom stereocenters. The maximum Gasteiger partial charge on any atom is 0.326 e. The van der Waals surface area contributed by atoms with E-state index in [2.05, 4.69) is 53.1 Å². The third-order valence-corrected chi connectivity index (χ3v) is 8.50. The molecule has 3 aliphatic rings. The van der Waals surface area contributed by atoms with E-state index in [9.17, 15) is 9.59 Å². The number of aromatic nitrogens is 2. The van der Waals surface area contributed by atoms with E-state index < -0.39 is 0 Å². The van der Waals surface area contributed by atoms with Crippen molar-refractivity contribution in [2.75, 3.05) is 43.4 Å². The molecule has 2 aromatic carbocycles. The molecule has 41 heavy (non-hydrogen) atoms. The second-order valence-corrected chi connectivity index (χ2v) is 11.3. The Balaban J connectivity index is 1.24. The summed E-state index contributed by atoms with van der Waals surface area (Å²) >= 11 is 0. The van der Waals surface area contributed by atoms with E-state index in [1.54, 1.807) is 9.80 Å². The lowest BCUT2D eigenvalue weighted by Crippen LogP contribution is -2.52. The van der Waals surface area contributed by atoms with Gasteiger partial charge in [-0.2, -0.15) is 4.98 Å². The molecule has 212 valence electrons. The summed E-state index contributed by atoms with van der Waals surface area (Å²) in [6.07, 6.45) is 6.18. The number of rotatable bonds is 7. The van der Waals surface area contributed by atoms with E-state index in [-0.39, 0.29) is 18.0 Å². The third-order valence-electron chi connectivity index (χ3n) is 8.50. The van der Waals surface area contributed by atoms with E-state index in [1.165, 1.54) is 24.5 Å². The highest BCUT2D eigenvalue weighted by atomic mass is 16.2. The lowest BCUT2D eigenvalue weighted by molar-refractivity contribution is -0.125. The molecule has 0 spiro atoms. The maximum absolute atomic E-state index is 13.9. The van der Waals surface area contributed by atoms with Crippen LogP contribution in [-0.2, 0) is 17.9 Å². The molecule has 9 heteroatoms. The minimum atomic E-state index is -0.180. The van der Waals surface area contributed by atoms with Crippen LogP contribution in [0.4, 0.5) is 22.2 Å². The summed E-state index contributed by atoms with van der Waals surface area (Å²) in [5, 5.41) is 3.34. The van der Waals surface area contributed by atoms with Crippen LogP contribution in [0.2, 0.25) is 0 Å². The molecular formula is C32H37N7O2. The van der Waals surface area contributed by atoms with Crippen LogP contribution < -0.4 is 10.2 Å². The summed E-state index contributed by atoms with van der Waals surface area (Å²) in [5.74, 6) is 1.53. The average Bonchev–Trinajstić information content (AvgIpc) is 3.49. The van der Waals surface area contributed by atoms with Crippen molar-refractivity contribution in [2.24, 2.45) is 0 Å². The Bertz CT molecular complexity index is 1400. The monoisotopic (exact) mass is 551 g/mol. The van der Waals surface area contributed by atoms with Crippen LogP contribution in [0.15, 0.2) is 73.4 Å².